The van der Waals surface area contributed by atoms with Crippen LogP contribution in [0.5, 0.6) is 0 Å². The minimum absolute atomic E-state index is 0.0771. The highest BCUT2D eigenvalue weighted by Gasteiger charge is 2.41. The molecule has 0 N–H and O–H groups in total. The molecule has 290 valence electrons. The molecule has 2 aliphatic rings. The van der Waals surface area contributed by atoms with Gasteiger partial charge in [-0.1, -0.05) is 185 Å². The molecule has 61 heavy (non-hydrogen) atoms. The molecular formula is C57H42N4. The molecule has 4 heteroatoms. The lowest BCUT2D eigenvalue weighted by molar-refractivity contribution is 0.660. The lowest BCUT2D eigenvalue weighted by atomic mass is 9.80. The van der Waals surface area contributed by atoms with Crippen molar-refractivity contribution < 1.29 is 0 Å². The van der Waals surface area contributed by atoms with Gasteiger partial charge in [-0.25, -0.2) is 15.0 Å². The van der Waals surface area contributed by atoms with Gasteiger partial charge in [-0.2, -0.15) is 0 Å². The first-order valence-corrected chi connectivity index (χ1v) is 21.2. The number of para-hydroxylation sites is 1. The van der Waals surface area contributed by atoms with Crippen molar-refractivity contribution >= 4 is 21.8 Å². The van der Waals surface area contributed by atoms with Gasteiger partial charge in [0, 0.05) is 44.0 Å². The van der Waals surface area contributed by atoms with E-state index in [0.29, 0.717) is 17.5 Å². The smallest absolute Gasteiger partial charge is 0.164 e. The van der Waals surface area contributed by atoms with Crippen LogP contribution in [0.1, 0.15) is 49.9 Å². The summed E-state index contributed by atoms with van der Waals surface area (Å²) in [6.07, 6.45) is 0. The summed E-state index contributed by atoms with van der Waals surface area (Å²) < 4.78 is 2.48. The van der Waals surface area contributed by atoms with Gasteiger partial charge in [-0.05, 0) is 79.9 Å². The molecule has 0 bridgehead atoms. The van der Waals surface area contributed by atoms with Crippen LogP contribution < -0.4 is 0 Å². The van der Waals surface area contributed by atoms with Crippen molar-refractivity contribution in [1.82, 2.24) is 19.5 Å². The molecule has 8 aromatic carbocycles. The summed E-state index contributed by atoms with van der Waals surface area (Å²) in [4.78, 5) is 15.2. The molecule has 2 aromatic heterocycles. The Hall–Kier alpha value is -7.43. The van der Waals surface area contributed by atoms with Crippen LogP contribution in [0.2, 0.25) is 0 Å². The molecule has 0 saturated carbocycles. The van der Waals surface area contributed by atoms with Crippen LogP contribution in [-0.2, 0) is 10.8 Å². The van der Waals surface area contributed by atoms with E-state index in [1.54, 1.807) is 0 Å². The number of nitrogens with zero attached hydrogens (tertiary/aromatic N) is 4. The van der Waals surface area contributed by atoms with E-state index in [1.165, 1.54) is 71.9 Å². The first-order valence-electron chi connectivity index (χ1n) is 21.2. The third-order valence-electron chi connectivity index (χ3n) is 13.4. The summed E-state index contributed by atoms with van der Waals surface area (Å²) >= 11 is 0. The molecule has 12 rings (SSSR count). The van der Waals surface area contributed by atoms with Crippen molar-refractivity contribution in [3.63, 3.8) is 0 Å². The first kappa shape index (κ1) is 35.5. The van der Waals surface area contributed by atoms with E-state index in [4.69, 9.17) is 15.0 Å². The highest BCUT2D eigenvalue weighted by Crippen LogP contribution is 2.57. The van der Waals surface area contributed by atoms with Gasteiger partial charge >= 0.3 is 0 Å². The van der Waals surface area contributed by atoms with Crippen molar-refractivity contribution in [3.8, 4) is 73.2 Å². The second-order valence-electron chi connectivity index (χ2n) is 17.6. The minimum atomic E-state index is -0.278. The van der Waals surface area contributed by atoms with E-state index in [9.17, 15) is 0 Å². The second kappa shape index (κ2) is 13.0. The molecule has 0 spiro atoms. The fourth-order valence-electron chi connectivity index (χ4n) is 10.5. The van der Waals surface area contributed by atoms with Gasteiger partial charge in [0.1, 0.15) is 0 Å². The Balaban J connectivity index is 1.08. The van der Waals surface area contributed by atoms with E-state index >= 15 is 0 Å². The average Bonchev–Trinajstić information content (AvgIpc) is 3.86. The van der Waals surface area contributed by atoms with E-state index in [2.05, 4.69) is 178 Å². The second-order valence-corrected chi connectivity index (χ2v) is 17.6. The quantitative estimate of drug-likeness (QED) is 0.175. The third-order valence-corrected chi connectivity index (χ3v) is 13.4. The summed E-state index contributed by atoms with van der Waals surface area (Å²) in [5.74, 6) is 1.94. The van der Waals surface area contributed by atoms with E-state index in [-0.39, 0.29) is 10.8 Å². The largest absolute Gasteiger partial charge is 0.309 e. The number of benzene rings is 8. The Morgan fingerprint density at radius 1 is 0.377 bits per heavy atom. The van der Waals surface area contributed by atoms with Crippen molar-refractivity contribution in [2.45, 2.75) is 38.5 Å². The minimum Gasteiger partial charge on any atom is -0.309 e. The molecule has 0 atom stereocenters. The average molecular weight is 783 g/mol. The standard InChI is InChI=1S/C57H42N4/c1-56(2)46-25-15-14-23-41(46)42-29-27-37(33-48(42)56)40-24-16-26-47-50(40)45-32-31-44-43-30-28-38(34-49(43)61(39-21-12-7-13-22-39)52(44)51(45)57(47,3)4)55-59-53(35-17-8-5-9-18-35)58-54(60-55)36-19-10-6-11-20-36/h5-34H,1-4H3. The topological polar surface area (TPSA) is 43.6 Å². The molecule has 0 fully saturated rings. The fourth-order valence-corrected chi connectivity index (χ4v) is 10.5. The molecule has 10 aromatic rings. The molecule has 0 aliphatic heterocycles. The van der Waals surface area contributed by atoms with E-state index < -0.39 is 0 Å². The molecule has 2 aliphatic carbocycles. The number of hydrogen-bond donors (Lipinski definition) is 0. The van der Waals surface area contributed by atoms with Crippen LogP contribution in [0.25, 0.3) is 95.0 Å². The number of fused-ring (bicyclic) bond motifs is 10. The number of rotatable bonds is 5. The van der Waals surface area contributed by atoms with Crippen molar-refractivity contribution in [3.05, 3.63) is 204 Å². The predicted octanol–water partition coefficient (Wildman–Crippen LogP) is 14.2. The Bertz CT molecular complexity index is 3340. The van der Waals surface area contributed by atoms with Gasteiger partial charge in [0.15, 0.2) is 17.5 Å². The van der Waals surface area contributed by atoms with Crippen LogP contribution in [0, 0.1) is 0 Å². The summed E-state index contributed by atoms with van der Waals surface area (Å²) in [7, 11) is 0. The van der Waals surface area contributed by atoms with Gasteiger partial charge in [0.25, 0.3) is 0 Å². The van der Waals surface area contributed by atoms with E-state index in [1.807, 2.05) is 36.4 Å². The summed E-state index contributed by atoms with van der Waals surface area (Å²) in [5.41, 5.74) is 19.3. The van der Waals surface area contributed by atoms with Gasteiger partial charge in [-0.15, -0.1) is 0 Å². The van der Waals surface area contributed by atoms with Gasteiger partial charge < -0.3 is 4.57 Å². The molecule has 0 radical (unpaired) electrons. The zero-order valence-electron chi connectivity index (χ0n) is 34.6. The van der Waals surface area contributed by atoms with Crippen molar-refractivity contribution in [1.29, 1.82) is 0 Å². The van der Waals surface area contributed by atoms with Crippen molar-refractivity contribution in [2.75, 3.05) is 0 Å². The Morgan fingerprint density at radius 2 is 0.918 bits per heavy atom. The SMILES string of the molecule is CC1(C)c2ccccc2-c2ccc(-c3cccc4c3-c3ccc5c6ccc(-c7nc(-c8ccccc8)nc(-c8ccccc8)n7)cc6n(-c6ccccc6)c5c3C4(C)C)cc21. The Morgan fingerprint density at radius 3 is 1.62 bits per heavy atom. The van der Waals surface area contributed by atoms with Crippen LogP contribution in [0.4, 0.5) is 0 Å². The zero-order chi connectivity index (χ0) is 41.0. The maximum absolute atomic E-state index is 5.12. The lowest BCUT2D eigenvalue weighted by Gasteiger charge is -2.24. The summed E-state index contributed by atoms with van der Waals surface area (Å²) in [5, 5.41) is 2.42. The molecular weight excluding hydrogens is 741 g/mol. The van der Waals surface area contributed by atoms with Crippen LogP contribution in [0.3, 0.4) is 0 Å². The van der Waals surface area contributed by atoms with Gasteiger partial charge in [0.05, 0.1) is 11.0 Å². The monoisotopic (exact) mass is 782 g/mol. The van der Waals surface area contributed by atoms with Gasteiger partial charge in [0.2, 0.25) is 0 Å². The number of aromatic nitrogens is 4. The van der Waals surface area contributed by atoms with Crippen molar-refractivity contribution in [2.24, 2.45) is 0 Å². The highest BCUT2D eigenvalue weighted by molar-refractivity contribution is 6.14. The molecule has 2 heterocycles. The maximum atomic E-state index is 5.12. The maximum Gasteiger partial charge on any atom is 0.164 e. The van der Waals surface area contributed by atoms with E-state index in [0.717, 1.165) is 27.9 Å². The predicted molar refractivity (Wildman–Crippen MR) is 251 cm³/mol. The first-order chi connectivity index (χ1) is 29.8. The van der Waals surface area contributed by atoms with Crippen LogP contribution in [0.15, 0.2) is 182 Å². The third kappa shape index (κ3) is 5.21. The Labute approximate surface area is 355 Å². The van der Waals surface area contributed by atoms with Gasteiger partial charge in [-0.3, -0.25) is 0 Å². The fraction of sp³-hybridized carbons (Fsp3) is 0.105. The highest BCUT2D eigenvalue weighted by atomic mass is 15.0. The van der Waals surface area contributed by atoms with Crippen LogP contribution >= 0.6 is 0 Å². The Kier molecular flexibility index (Phi) is 7.59. The molecule has 4 nitrogen and oxygen atoms in total. The molecule has 0 saturated heterocycles. The molecule has 0 unspecified atom stereocenters. The summed E-state index contributed by atoms with van der Waals surface area (Å²) in [6, 6.07) is 65.6. The molecule has 0 amide bonds. The normalized spacial score (nSPS) is 14.2. The number of hydrogen-bond acceptors (Lipinski definition) is 3. The lowest BCUT2D eigenvalue weighted by Crippen LogP contribution is -2.16. The van der Waals surface area contributed by atoms with Crippen LogP contribution in [-0.4, -0.2) is 19.5 Å². The zero-order valence-corrected chi connectivity index (χ0v) is 34.6. The summed E-state index contributed by atoms with van der Waals surface area (Å²) in [6.45, 7) is 9.54.